The van der Waals surface area contributed by atoms with E-state index in [-0.39, 0.29) is 41.0 Å². The number of hydrogen-bond donors (Lipinski definition) is 0. The van der Waals surface area contributed by atoms with E-state index in [0.717, 1.165) is 50.0 Å². The highest BCUT2D eigenvalue weighted by molar-refractivity contribution is 5.69. The zero-order chi connectivity index (χ0) is 29.0. The second-order valence-corrected chi connectivity index (χ2v) is 15.6. The maximum Gasteiger partial charge on any atom is 0.306 e. The minimum Gasteiger partial charge on any atom is -0.461 e. The Hall–Kier alpha value is -1.18. The number of fused-ring (bicyclic) bond motifs is 5. The highest BCUT2D eigenvalue weighted by atomic mass is 16.5. The van der Waals surface area contributed by atoms with E-state index in [1.54, 1.807) is 6.92 Å². The third kappa shape index (κ3) is 5.18. The van der Waals surface area contributed by atoms with Crippen molar-refractivity contribution in [3.8, 4) is 0 Å². The van der Waals surface area contributed by atoms with Crippen LogP contribution < -0.4 is 0 Å². The first-order valence-corrected chi connectivity index (χ1v) is 17.1. The van der Waals surface area contributed by atoms with Crippen molar-refractivity contribution in [2.24, 2.45) is 34.5 Å². The monoisotopic (exact) mass is 573 g/mol. The van der Waals surface area contributed by atoms with Gasteiger partial charge in [0.2, 0.25) is 0 Å². The second-order valence-electron chi connectivity index (χ2n) is 15.6. The van der Waals surface area contributed by atoms with Crippen molar-refractivity contribution in [2.45, 2.75) is 123 Å². The predicted octanol–water partition coefficient (Wildman–Crippen LogP) is 5.20. The number of hydrogen-bond acceptors (Lipinski definition) is 6. The van der Waals surface area contributed by atoms with Crippen molar-refractivity contribution in [2.75, 3.05) is 46.4 Å². The minimum absolute atomic E-state index is 0.00803. The van der Waals surface area contributed by atoms with Gasteiger partial charge >= 0.3 is 11.9 Å². The van der Waals surface area contributed by atoms with E-state index in [9.17, 15) is 9.59 Å². The Labute approximate surface area is 248 Å². The lowest BCUT2D eigenvalue weighted by molar-refractivity contribution is -0.940. The Kier molecular flexibility index (Phi) is 8.30. The van der Waals surface area contributed by atoms with Gasteiger partial charge in [-0.25, -0.2) is 0 Å². The van der Waals surface area contributed by atoms with Gasteiger partial charge in [-0.2, -0.15) is 0 Å². The zero-order valence-electron chi connectivity index (χ0n) is 26.6. The topological polar surface area (TPSA) is 65.1 Å². The van der Waals surface area contributed by atoms with Crippen LogP contribution in [0.15, 0.2) is 0 Å². The molecule has 0 spiro atoms. The molecule has 4 aliphatic carbocycles. The number of rotatable bonds is 5. The summed E-state index contributed by atoms with van der Waals surface area (Å²) in [5.41, 5.74) is 0.318. The maximum atomic E-state index is 12.9. The molecule has 7 heteroatoms. The fourth-order valence-electron chi connectivity index (χ4n) is 11.4. The first-order valence-electron chi connectivity index (χ1n) is 17.1. The standard InChI is InChI=1S/C34H57N2O5/c1-6-31(38)41-32-29(36(5)16-8-7-9-17-36)21-27-25-11-10-24-20-30(40-23(2)37)28(35-14-18-39-19-15-35)22-34(24,4)26(25)12-13-33(27,32)3/h24-30,32H,6-22H2,1-5H3/q+1/t24?,25-,26-,27+,28?,29?,30?,32?,33+,34+/m1/s1. The number of carbonyl (C=O) groups excluding carboxylic acids is 2. The molecule has 41 heavy (non-hydrogen) atoms. The van der Waals surface area contributed by atoms with Gasteiger partial charge in [-0.15, -0.1) is 0 Å². The molecule has 6 fully saturated rings. The number of likely N-dealkylation sites (N-methyl/N-ethyl adjacent to an activating group) is 1. The predicted molar refractivity (Wildman–Crippen MR) is 158 cm³/mol. The molecule has 7 nitrogen and oxygen atoms in total. The molecule has 0 N–H and O–H groups in total. The molecule has 0 radical (unpaired) electrons. The lowest BCUT2D eigenvalue weighted by atomic mass is 9.44. The van der Waals surface area contributed by atoms with Crippen LogP contribution in [0.5, 0.6) is 0 Å². The van der Waals surface area contributed by atoms with Crippen molar-refractivity contribution >= 4 is 11.9 Å². The van der Waals surface area contributed by atoms with Gasteiger partial charge in [0.1, 0.15) is 12.1 Å². The average molecular weight is 574 g/mol. The van der Waals surface area contributed by atoms with Crippen molar-refractivity contribution in [1.29, 1.82) is 0 Å². The summed E-state index contributed by atoms with van der Waals surface area (Å²) in [6.07, 6.45) is 12.6. The van der Waals surface area contributed by atoms with Crippen molar-refractivity contribution < 1.29 is 28.3 Å². The average Bonchev–Trinajstić information content (AvgIpc) is 3.26. The smallest absolute Gasteiger partial charge is 0.306 e. The molecule has 0 aromatic rings. The summed E-state index contributed by atoms with van der Waals surface area (Å²) in [6, 6.07) is 0.703. The molecule has 2 heterocycles. The maximum absolute atomic E-state index is 12.9. The normalized spacial score (nSPS) is 46.1. The van der Waals surface area contributed by atoms with E-state index in [0.29, 0.717) is 36.1 Å². The molecule has 0 aromatic carbocycles. The first-order chi connectivity index (χ1) is 19.6. The van der Waals surface area contributed by atoms with E-state index in [4.69, 9.17) is 14.2 Å². The van der Waals surface area contributed by atoms with Crippen LogP contribution in [0.3, 0.4) is 0 Å². The third-order valence-electron chi connectivity index (χ3n) is 13.6. The molecule has 0 amide bonds. The van der Waals surface area contributed by atoms with Crippen LogP contribution >= 0.6 is 0 Å². The summed E-state index contributed by atoms with van der Waals surface area (Å²) < 4.78 is 19.4. The molecule has 232 valence electrons. The van der Waals surface area contributed by atoms with Gasteiger partial charge in [-0.1, -0.05) is 20.8 Å². The number of piperidine rings is 1. The first kappa shape index (κ1) is 29.9. The minimum atomic E-state index is -0.141. The quantitative estimate of drug-likeness (QED) is 0.333. The molecule has 4 saturated carbocycles. The van der Waals surface area contributed by atoms with Gasteiger partial charge in [0.05, 0.1) is 33.4 Å². The van der Waals surface area contributed by atoms with Gasteiger partial charge < -0.3 is 18.7 Å². The van der Waals surface area contributed by atoms with Crippen molar-refractivity contribution in [1.82, 2.24) is 4.90 Å². The molecule has 0 bridgehead atoms. The Morgan fingerprint density at radius 2 is 1.68 bits per heavy atom. The summed E-state index contributed by atoms with van der Waals surface area (Å²) in [5, 5.41) is 0. The van der Waals surface area contributed by atoms with Crippen molar-refractivity contribution in [3.05, 3.63) is 0 Å². The van der Waals surface area contributed by atoms with Crippen LogP contribution in [-0.4, -0.2) is 92.1 Å². The second kappa shape index (κ2) is 11.4. The van der Waals surface area contributed by atoms with Gasteiger partial charge in [0, 0.05) is 44.3 Å². The molecule has 10 atom stereocenters. The van der Waals surface area contributed by atoms with Crippen LogP contribution in [0.2, 0.25) is 0 Å². The van der Waals surface area contributed by atoms with Gasteiger partial charge in [-0.3, -0.25) is 14.5 Å². The summed E-state index contributed by atoms with van der Waals surface area (Å²) in [4.78, 5) is 27.6. The highest BCUT2D eigenvalue weighted by Crippen LogP contribution is 2.67. The van der Waals surface area contributed by atoms with Gasteiger partial charge in [-0.05, 0) is 86.9 Å². The van der Waals surface area contributed by atoms with Crippen LogP contribution in [-0.2, 0) is 23.8 Å². The number of nitrogens with zero attached hydrogens (tertiary/aromatic N) is 2. The Balaban J connectivity index is 1.29. The Bertz CT molecular complexity index is 976. The van der Waals surface area contributed by atoms with Crippen LogP contribution in [0.25, 0.3) is 0 Å². The third-order valence-corrected chi connectivity index (χ3v) is 13.6. The lowest BCUT2D eigenvalue weighted by Gasteiger charge is -2.62. The van der Waals surface area contributed by atoms with E-state index >= 15 is 0 Å². The number of likely N-dealkylation sites (tertiary alicyclic amines) is 1. The SMILES string of the molecule is CCC(=O)OC1C([N+]2(C)CCCCC2)C[C@H]2[C@@H]3CCC4CC(OC(C)=O)C(N5CCOCC5)C[C@]4(C)[C@@H]3CC[C@]12C. The van der Waals surface area contributed by atoms with Gasteiger partial charge in [0.25, 0.3) is 0 Å². The molecule has 6 aliphatic rings. The number of ether oxygens (including phenoxy) is 3. The Morgan fingerprint density at radius 1 is 0.951 bits per heavy atom. The Morgan fingerprint density at radius 3 is 2.37 bits per heavy atom. The van der Waals surface area contributed by atoms with E-state index in [1.807, 2.05) is 6.92 Å². The summed E-state index contributed by atoms with van der Waals surface area (Å²) in [7, 11) is 2.47. The number of quaternary nitrogens is 1. The largest absolute Gasteiger partial charge is 0.461 e. The summed E-state index contributed by atoms with van der Waals surface area (Å²) >= 11 is 0. The zero-order valence-corrected chi connectivity index (χ0v) is 26.6. The van der Waals surface area contributed by atoms with Crippen LogP contribution in [0.1, 0.15) is 98.3 Å². The number of carbonyl (C=O) groups is 2. The fraction of sp³-hybridized carbons (Fsp3) is 0.941. The lowest BCUT2D eigenvalue weighted by Crippen LogP contribution is -2.62. The van der Waals surface area contributed by atoms with Crippen LogP contribution in [0, 0.1) is 34.5 Å². The molecule has 2 aliphatic heterocycles. The molecular weight excluding hydrogens is 516 g/mol. The number of esters is 2. The molecule has 2 saturated heterocycles. The molecule has 0 aromatic heterocycles. The highest BCUT2D eigenvalue weighted by Gasteiger charge is 2.67. The van der Waals surface area contributed by atoms with Gasteiger partial charge in [0.15, 0.2) is 6.10 Å². The number of morpholine rings is 1. The summed E-state index contributed by atoms with van der Waals surface area (Å²) in [6.45, 7) is 14.5. The van der Waals surface area contributed by atoms with E-state index < -0.39 is 0 Å². The van der Waals surface area contributed by atoms with Crippen molar-refractivity contribution in [3.63, 3.8) is 0 Å². The van der Waals surface area contributed by atoms with E-state index in [2.05, 4.69) is 25.8 Å². The summed E-state index contributed by atoms with van der Waals surface area (Å²) in [5.74, 6) is 2.44. The fourth-order valence-corrected chi connectivity index (χ4v) is 11.4. The molecule has 6 rings (SSSR count). The van der Waals surface area contributed by atoms with Crippen LogP contribution in [0.4, 0.5) is 0 Å². The molecule has 5 unspecified atom stereocenters. The molecular formula is C34H57N2O5+. The van der Waals surface area contributed by atoms with E-state index in [1.165, 1.54) is 58.0 Å².